The van der Waals surface area contributed by atoms with Gasteiger partial charge in [-0.2, -0.15) is 4.31 Å². The van der Waals surface area contributed by atoms with Crippen LogP contribution in [0.4, 0.5) is 0 Å². The first-order chi connectivity index (χ1) is 8.43. The SMILES string of the molecule is Cc1ccc(S(=O)(=O)N2CCOCC2C)cc1Cl. The summed E-state index contributed by atoms with van der Waals surface area (Å²) in [6.45, 7) is 4.93. The molecule has 1 aromatic rings. The van der Waals surface area contributed by atoms with Gasteiger partial charge in [0.25, 0.3) is 0 Å². The van der Waals surface area contributed by atoms with Gasteiger partial charge in [-0.05, 0) is 31.5 Å². The van der Waals surface area contributed by atoms with Crippen LogP contribution in [0.1, 0.15) is 12.5 Å². The molecule has 6 heteroatoms. The molecule has 1 aliphatic rings. The zero-order valence-corrected chi connectivity index (χ0v) is 12.0. The lowest BCUT2D eigenvalue weighted by molar-refractivity contribution is 0.0393. The van der Waals surface area contributed by atoms with Crippen LogP contribution in [0.25, 0.3) is 0 Å². The lowest BCUT2D eigenvalue weighted by Gasteiger charge is -2.32. The highest BCUT2D eigenvalue weighted by molar-refractivity contribution is 7.89. The van der Waals surface area contributed by atoms with Gasteiger partial charge in [-0.3, -0.25) is 0 Å². The predicted octanol–water partition coefficient (Wildman–Crippen LogP) is 2.06. The number of halogens is 1. The van der Waals surface area contributed by atoms with Crippen LogP contribution < -0.4 is 0 Å². The van der Waals surface area contributed by atoms with Gasteiger partial charge < -0.3 is 4.74 Å². The van der Waals surface area contributed by atoms with Crippen LogP contribution in [0.2, 0.25) is 5.02 Å². The Morgan fingerprint density at radius 1 is 1.44 bits per heavy atom. The lowest BCUT2D eigenvalue weighted by Crippen LogP contribution is -2.46. The number of benzene rings is 1. The van der Waals surface area contributed by atoms with Crippen molar-refractivity contribution in [3.8, 4) is 0 Å². The van der Waals surface area contributed by atoms with Gasteiger partial charge in [0.2, 0.25) is 10.0 Å². The van der Waals surface area contributed by atoms with E-state index in [1.807, 2.05) is 13.8 Å². The summed E-state index contributed by atoms with van der Waals surface area (Å²) in [6, 6.07) is 4.68. The van der Waals surface area contributed by atoms with E-state index in [2.05, 4.69) is 0 Å². The summed E-state index contributed by atoms with van der Waals surface area (Å²) in [5.74, 6) is 0. The molecule has 4 nitrogen and oxygen atoms in total. The van der Waals surface area contributed by atoms with Gasteiger partial charge >= 0.3 is 0 Å². The third kappa shape index (κ3) is 2.54. The quantitative estimate of drug-likeness (QED) is 0.837. The molecule has 18 heavy (non-hydrogen) atoms. The Kier molecular flexibility index (Phi) is 3.96. The average molecular weight is 290 g/mol. The van der Waals surface area contributed by atoms with Crippen molar-refractivity contribution in [3.05, 3.63) is 28.8 Å². The Hall–Kier alpha value is -0.620. The van der Waals surface area contributed by atoms with E-state index >= 15 is 0 Å². The van der Waals surface area contributed by atoms with E-state index in [1.165, 1.54) is 10.4 Å². The van der Waals surface area contributed by atoms with Crippen LogP contribution in [-0.2, 0) is 14.8 Å². The average Bonchev–Trinajstić information content (AvgIpc) is 2.33. The van der Waals surface area contributed by atoms with E-state index in [4.69, 9.17) is 16.3 Å². The molecule has 0 N–H and O–H groups in total. The van der Waals surface area contributed by atoms with Crippen molar-refractivity contribution < 1.29 is 13.2 Å². The summed E-state index contributed by atoms with van der Waals surface area (Å²) < 4.78 is 31.7. The largest absolute Gasteiger partial charge is 0.378 e. The number of hydrogen-bond acceptors (Lipinski definition) is 3. The highest BCUT2D eigenvalue weighted by Crippen LogP contribution is 2.24. The normalized spacial score (nSPS) is 22.1. The van der Waals surface area contributed by atoms with Gasteiger partial charge in [-0.25, -0.2) is 8.42 Å². The van der Waals surface area contributed by atoms with Crippen LogP contribution in [0, 0.1) is 6.92 Å². The van der Waals surface area contributed by atoms with Gasteiger partial charge in [0.15, 0.2) is 0 Å². The van der Waals surface area contributed by atoms with Crippen LogP contribution in [0.5, 0.6) is 0 Å². The molecule has 1 aliphatic heterocycles. The maximum Gasteiger partial charge on any atom is 0.243 e. The lowest BCUT2D eigenvalue weighted by atomic mass is 10.2. The topological polar surface area (TPSA) is 46.6 Å². The van der Waals surface area contributed by atoms with Gasteiger partial charge in [0.05, 0.1) is 18.1 Å². The third-order valence-electron chi connectivity index (χ3n) is 3.06. The van der Waals surface area contributed by atoms with Gasteiger partial charge in [-0.1, -0.05) is 17.7 Å². The zero-order valence-electron chi connectivity index (χ0n) is 10.4. The molecule has 0 aliphatic carbocycles. The minimum Gasteiger partial charge on any atom is -0.378 e. The minimum atomic E-state index is -3.48. The van der Waals surface area contributed by atoms with E-state index in [1.54, 1.807) is 12.1 Å². The highest BCUT2D eigenvalue weighted by atomic mass is 35.5. The molecule has 1 atom stereocenters. The second kappa shape index (κ2) is 5.17. The highest BCUT2D eigenvalue weighted by Gasteiger charge is 2.31. The van der Waals surface area contributed by atoms with Crippen molar-refractivity contribution in [1.29, 1.82) is 0 Å². The number of ether oxygens (including phenoxy) is 1. The molecule has 0 bridgehead atoms. The summed E-state index contributed by atoms with van der Waals surface area (Å²) in [5.41, 5.74) is 0.866. The summed E-state index contributed by atoms with van der Waals surface area (Å²) in [6.07, 6.45) is 0. The zero-order chi connectivity index (χ0) is 13.3. The number of sulfonamides is 1. The van der Waals surface area contributed by atoms with Crippen LogP contribution in [0.15, 0.2) is 23.1 Å². The summed E-state index contributed by atoms with van der Waals surface area (Å²) in [4.78, 5) is 0.242. The maximum atomic E-state index is 12.5. The Morgan fingerprint density at radius 3 is 2.78 bits per heavy atom. The van der Waals surface area contributed by atoms with Crippen molar-refractivity contribution in [2.75, 3.05) is 19.8 Å². The molecule has 100 valence electrons. The number of rotatable bonds is 2. The molecule has 1 fully saturated rings. The van der Waals surface area contributed by atoms with E-state index in [0.29, 0.717) is 24.8 Å². The van der Waals surface area contributed by atoms with Crippen molar-refractivity contribution in [2.24, 2.45) is 0 Å². The first kappa shape index (κ1) is 13.8. The Balaban J connectivity index is 2.37. The summed E-state index contributed by atoms with van der Waals surface area (Å²) in [5, 5.41) is 0.469. The van der Waals surface area contributed by atoms with Crippen LogP contribution in [0.3, 0.4) is 0 Å². The second-order valence-corrected chi connectivity index (χ2v) is 6.75. The number of morpholine rings is 1. The molecule has 2 rings (SSSR count). The van der Waals surface area contributed by atoms with E-state index in [9.17, 15) is 8.42 Å². The van der Waals surface area contributed by atoms with Gasteiger partial charge in [0.1, 0.15) is 0 Å². The second-order valence-electron chi connectivity index (χ2n) is 4.45. The van der Waals surface area contributed by atoms with Crippen LogP contribution >= 0.6 is 11.6 Å². The summed E-state index contributed by atoms with van der Waals surface area (Å²) in [7, 11) is -3.48. The van der Waals surface area contributed by atoms with Crippen LogP contribution in [-0.4, -0.2) is 38.5 Å². The van der Waals surface area contributed by atoms with E-state index < -0.39 is 10.0 Å². The molecule has 0 spiro atoms. The number of aryl methyl sites for hydroxylation is 1. The third-order valence-corrected chi connectivity index (χ3v) is 5.47. The number of nitrogens with zero attached hydrogens (tertiary/aromatic N) is 1. The van der Waals surface area contributed by atoms with Gasteiger partial charge in [-0.15, -0.1) is 0 Å². The van der Waals surface area contributed by atoms with E-state index in [0.717, 1.165) is 5.56 Å². The molecule has 1 aromatic carbocycles. The van der Waals surface area contributed by atoms with Gasteiger partial charge in [0, 0.05) is 17.6 Å². The number of hydrogen-bond donors (Lipinski definition) is 0. The Bertz CT molecular complexity index is 544. The fourth-order valence-corrected chi connectivity index (χ4v) is 3.81. The monoisotopic (exact) mass is 289 g/mol. The molecular weight excluding hydrogens is 274 g/mol. The predicted molar refractivity (Wildman–Crippen MR) is 70.4 cm³/mol. The first-order valence-electron chi connectivity index (χ1n) is 5.78. The standard InChI is InChI=1S/C12H16ClNO3S/c1-9-3-4-11(7-12(9)13)18(15,16)14-5-6-17-8-10(14)2/h3-4,7,10H,5-6,8H2,1-2H3. The van der Waals surface area contributed by atoms with Crippen molar-refractivity contribution >= 4 is 21.6 Å². The van der Waals surface area contributed by atoms with Crippen molar-refractivity contribution in [1.82, 2.24) is 4.31 Å². The molecule has 1 unspecified atom stereocenters. The van der Waals surface area contributed by atoms with E-state index in [-0.39, 0.29) is 10.9 Å². The Morgan fingerprint density at radius 2 is 2.17 bits per heavy atom. The van der Waals surface area contributed by atoms with Crippen molar-refractivity contribution in [2.45, 2.75) is 24.8 Å². The molecule has 0 amide bonds. The molecule has 1 heterocycles. The molecule has 0 aromatic heterocycles. The fourth-order valence-electron chi connectivity index (χ4n) is 1.94. The maximum absolute atomic E-state index is 12.5. The molecule has 0 radical (unpaired) electrons. The molecular formula is C12H16ClNO3S. The first-order valence-corrected chi connectivity index (χ1v) is 7.60. The fraction of sp³-hybridized carbons (Fsp3) is 0.500. The molecule has 1 saturated heterocycles. The van der Waals surface area contributed by atoms with Crippen molar-refractivity contribution in [3.63, 3.8) is 0 Å². The molecule has 0 saturated carbocycles. The summed E-state index contributed by atoms with van der Waals surface area (Å²) >= 11 is 5.99. The smallest absolute Gasteiger partial charge is 0.243 e. The Labute approximate surface area is 113 Å². The minimum absolute atomic E-state index is 0.149.